The number of fused-ring (bicyclic) bond motifs is 1. The Morgan fingerprint density at radius 1 is 1.32 bits per heavy atom. The van der Waals surface area contributed by atoms with E-state index in [4.69, 9.17) is 22.1 Å². The Hall–Kier alpha value is -2.40. The number of halogens is 1. The Bertz CT molecular complexity index is 706. The molecule has 0 radical (unpaired) electrons. The van der Waals surface area contributed by atoms with E-state index in [1.165, 1.54) is 0 Å². The summed E-state index contributed by atoms with van der Waals surface area (Å²) in [7, 11) is 0. The molecule has 5 nitrogen and oxygen atoms in total. The van der Waals surface area contributed by atoms with Crippen molar-refractivity contribution in [3.05, 3.63) is 47.5 Å². The largest absolute Gasteiger partial charge is 0.490 e. The van der Waals surface area contributed by atoms with E-state index < -0.39 is 0 Å². The maximum absolute atomic E-state index is 12.2. The highest BCUT2D eigenvalue weighted by molar-refractivity contribution is 6.30. The Balaban J connectivity index is 1.71. The molecule has 6 heteroatoms. The maximum Gasteiger partial charge on any atom is 0.243 e. The number of nitrogens with two attached hydrogens (primary N) is 1. The van der Waals surface area contributed by atoms with Gasteiger partial charge in [-0.15, -0.1) is 0 Å². The fourth-order valence-corrected chi connectivity index (χ4v) is 2.58. The van der Waals surface area contributed by atoms with Crippen molar-refractivity contribution in [3.63, 3.8) is 0 Å². The first-order valence-electron chi connectivity index (χ1n) is 6.94. The maximum atomic E-state index is 12.2. The number of nitrogens with one attached hydrogen (secondary N) is 1. The van der Waals surface area contributed by atoms with Crippen molar-refractivity contribution in [1.29, 1.82) is 0 Å². The lowest BCUT2D eigenvalue weighted by Crippen LogP contribution is -2.38. The average Bonchev–Trinajstić information content (AvgIpc) is 2.48. The van der Waals surface area contributed by atoms with Gasteiger partial charge in [0.05, 0.1) is 18.8 Å². The van der Waals surface area contributed by atoms with Crippen molar-refractivity contribution in [3.8, 4) is 5.75 Å². The Morgan fingerprint density at radius 3 is 3.00 bits per heavy atom. The summed E-state index contributed by atoms with van der Waals surface area (Å²) < 4.78 is 5.58. The minimum absolute atomic E-state index is 0.113. The number of hydrogen-bond donors (Lipinski definition) is 2. The van der Waals surface area contributed by atoms with Crippen molar-refractivity contribution >= 4 is 34.6 Å². The van der Waals surface area contributed by atoms with Gasteiger partial charge in [0.15, 0.2) is 0 Å². The molecule has 3 N–H and O–H groups in total. The van der Waals surface area contributed by atoms with E-state index in [9.17, 15) is 4.79 Å². The lowest BCUT2D eigenvalue weighted by molar-refractivity contribution is -0.115. The molecule has 22 heavy (non-hydrogen) atoms. The molecule has 0 unspecified atom stereocenters. The van der Waals surface area contributed by atoms with Gasteiger partial charge in [0, 0.05) is 16.4 Å². The van der Waals surface area contributed by atoms with Crippen LogP contribution in [0.4, 0.5) is 17.1 Å². The quantitative estimate of drug-likeness (QED) is 0.854. The van der Waals surface area contributed by atoms with E-state index in [2.05, 4.69) is 5.32 Å². The van der Waals surface area contributed by atoms with E-state index in [0.29, 0.717) is 29.5 Å². The van der Waals surface area contributed by atoms with E-state index in [1.807, 2.05) is 17.0 Å². The van der Waals surface area contributed by atoms with E-state index >= 15 is 0 Å². The SMILES string of the molecule is Nc1ccc2c(c1)N(CC(=O)Nc1cccc(Cl)c1)CCO2. The Labute approximate surface area is 133 Å². The number of carbonyl (C=O) groups is 1. The predicted molar refractivity (Wildman–Crippen MR) is 88.6 cm³/mol. The van der Waals surface area contributed by atoms with E-state index in [0.717, 1.165) is 11.4 Å². The zero-order valence-electron chi connectivity index (χ0n) is 11.9. The third kappa shape index (κ3) is 3.26. The van der Waals surface area contributed by atoms with Crippen LogP contribution < -0.4 is 20.7 Å². The van der Waals surface area contributed by atoms with Crippen LogP contribution in [0.3, 0.4) is 0 Å². The van der Waals surface area contributed by atoms with Crippen molar-refractivity contribution in [2.45, 2.75) is 0 Å². The molecular weight excluding hydrogens is 302 g/mol. The summed E-state index contributed by atoms with van der Waals surface area (Å²) in [6.45, 7) is 1.41. The van der Waals surface area contributed by atoms with Gasteiger partial charge in [-0.3, -0.25) is 4.79 Å². The molecule has 0 aliphatic carbocycles. The predicted octanol–water partition coefficient (Wildman–Crippen LogP) is 2.76. The summed E-state index contributed by atoms with van der Waals surface area (Å²) in [5.41, 5.74) is 7.98. The molecule has 0 fully saturated rings. The third-order valence-corrected chi connectivity index (χ3v) is 3.62. The van der Waals surface area contributed by atoms with Gasteiger partial charge in [-0.1, -0.05) is 17.7 Å². The van der Waals surface area contributed by atoms with Gasteiger partial charge in [-0.25, -0.2) is 0 Å². The highest BCUT2D eigenvalue weighted by Gasteiger charge is 2.20. The number of hydrogen-bond acceptors (Lipinski definition) is 4. The third-order valence-electron chi connectivity index (χ3n) is 3.39. The standard InChI is InChI=1S/C16H16ClN3O2/c17-11-2-1-3-13(8-11)19-16(21)10-20-6-7-22-15-5-4-12(18)9-14(15)20/h1-5,8-9H,6-7,10,18H2,(H,19,21). The number of benzene rings is 2. The van der Waals surface area contributed by atoms with Crippen molar-refractivity contribution < 1.29 is 9.53 Å². The van der Waals surface area contributed by atoms with Gasteiger partial charge >= 0.3 is 0 Å². The number of nitrogens with zero attached hydrogens (tertiary/aromatic N) is 1. The van der Waals surface area contributed by atoms with Crippen LogP contribution in [-0.2, 0) is 4.79 Å². The van der Waals surface area contributed by atoms with Gasteiger partial charge in [-0.05, 0) is 36.4 Å². The molecule has 1 aliphatic rings. The topological polar surface area (TPSA) is 67.6 Å². The zero-order valence-corrected chi connectivity index (χ0v) is 12.6. The normalized spacial score (nSPS) is 13.2. The molecule has 0 aromatic heterocycles. The zero-order chi connectivity index (χ0) is 15.5. The average molecular weight is 318 g/mol. The second-order valence-corrected chi connectivity index (χ2v) is 5.49. The fourth-order valence-electron chi connectivity index (χ4n) is 2.39. The molecule has 3 rings (SSSR count). The first-order chi connectivity index (χ1) is 10.6. The van der Waals surface area contributed by atoms with Crippen LogP contribution in [-0.4, -0.2) is 25.6 Å². The number of carbonyl (C=O) groups excluding carboxylic acids is 1. The van der Waals surface area contributed by atoms with Gasteiger partial charge < -0.3 is 20.7 Å². The van der Waals surface area contributed by atoms with Crippen LogP contribution in [0.15, 0.2) is 42.5 Å². The number of anilines is 3. The fraction of sp³-hybridized carbons (Fsp3) is 0.188. The molecule has 0 atom stereocenters. The van der Waals surface area contributed by atoms with Gasteiger partial charge in [0.1, 0.15) is 12.4 Å². The minimum atomic E-state index is -0.113. The highest BCUT2D eigenvalue weighted by atomic mass is 35.5. The molecule has 1 amide bonds. The summed E-state index contributed by atoms with van der Waals surface area (Å²) in [4.78, 5) is 14.2. The van der Waals surface area contributed by atoms with E-state index in [-0.39, 0.29) is 12.5 Å². The molecular formula is C16H16ClN3O2. The van der Waals surface area contributed by atoms with Crippen molar-refractivity contribution in [1.82, 2.24) is 0 Å². The molecule has 0 saturated heterocycles. The molecule has 1 aliphatic heterocycles. The van der Waals surface area contributed by atoms with Crippen LogP contribution in [0.1, 0.15) is 0 Å². The lowest BCUT2D eigenvalue weighted by atomic mass is 10.2. The summed E-state index contributed by atoms with van der Waals surface area (Å²) in [6, 6.07) is 12.5. The van der Waals surface area contributed by atoms with Crippen molar-refractivity contribution in [2.75, 3.05) is 35.6 Å². The number of amides is 1. The second kappa shape index (κ2) is 6.15. The summed E-state index contributed by atoms with van der Waals surface area (Å²) >= 11 is 5.91. The summed E-state index contributed by atoms with van der Waals surface area (Å²) in [5.74, 6) is 0.633. The molecule has 0 bridgehead atoms. The summed E-state index contributed by atoms with van der Waals surface area (Å²) in [5, 5.41) is 3.42. The van der Waals surface area contributed by atoms with Crippen LogP contribution >= 0.6 is 11.6 Å². The Morgan fingerprint density at radius 2 is 2.18 bits per heavy atom. The van der Waals surface area contributed by atoms with Crippen molar-refractivity contribution in [2.24, 2.45) is 0 Å². The van der Waals surface area contributed by atoms with Crippen LogP contribution in [0.25, 0.3) is 0 Å². The van der Waals surface area contributed by atoms with Crippen LogP contribution in [0, 0.1) is 0 Å². The van der Waals surface area contributed by atoms with Crippen LogP contribution in [0.2, 0.25) is 5.02 Å². The van der Waals surface area contributed by atoms with Gasteiger partial charge in [0.2, 0.25) is 5.91 Å². The lowest BCUT2D eigenvalue weighted by Gasteiger charge is -2.30. The monoisotopic (exact) mass is 317 g/mol. The molecule has 2 aromatic carbocycles. The smallest absolute Gasteiger partial charge is 0.243 e. The molecule has 0 saturated carbocycles. The molecule has 1 heterocycles. The van der Waals surface area contributed by atoms with Crippen LogP contribution in [0.5, 0.6) is 5.75 Å². The highest BCUT2D eigenvalue weighted by Crippen LogP contribution is 2.33. The van der Waals surface area contributed by atoms with Gasteiger partial charge in [-0.2, -0.15) is 0 Å². The minimum Gasteiger partial charge on any atom is -0.490 e. The second-order valence-electron chi connectivity index (χ2n) is 5.06. The first-order valence-corrected chi connectivity index (χ1v) is 7.32. The molecule has 2 aromatic rings. The molecule has 0 spiro atoms. The number of rotatable bonds is 3. The first kappa shape index (κ1) is 14.5. The van der Waals surface area contributed by atoms with Gasteiger partial charge in [0.25, 0.3) is 0 Å². The van der Waals surface area contributed by atoms with E-state index in [1.54, 1.807) is 30.3 Å². The molecule has 114 valence electrons. The number of ether oxygens (including phenoxy) is 1. The number of nitrogen functional groups attached to an aromatic ring is 1. The Kier molecular flexibility index (Phi) is 4.06. The summed E-state index contributed by atoms with van der Waals surface area (Å²) in [6.07, 6.45) is 0.